The molecule has 0 fully saturated rings. The Hall–Kier alpha value is -3.03. The van der Waals surface area contributed by atoms with Crippen molar-refractivity contribution in [2.45, 2.75) is 6.54 Å². The Balaban J connectivity index is 2.00. The Morgan fingerprint density at radius 1 is 1.38 bits per heavy atom. The third kappa shape index (κ3) is 4.23. The highest BCUT2D eigenvalue weighted by Crippen LogP contribution is 2.09. The minimum Gasteiger partial charge on any atom is -0.478 e. The molecule has 8 nitrogen and oxygen atoms in total. The first-order chi connectivity index (χ1) is 10.2. The van der Waals surface area contributed by atoms with Crippen LogP contribution in [0.1, 0.15) is 15.9 Å². The van der Waals surface area contributed by atoms with Crippen LogP contribution in [0.25, 0.3) is 6.08 Å². The van der Waals surface area contributed by atoms with Crippen molar-refractivity contribution >= 4 is 18.0 Å². The molecule has 0 aromatic carbocycles. The summed E-state index contributed by atoms with van der Waals surface area (Å²) in [5.41, 5.74) is 0.805. The van der Waals surface area contributed by atoms with Gasteiger partial charge in [-0.3, -0.25) is 14.5 Å². The van der Waals surface area contributed by atoms with Crippen molar-refractivity contribution in [3.8, 4) is 0 Å². The highest BCUT2D eigenvalue weighted by Gasteiger charge is 2.09. The zero-order valence-corrected chi connectivity index (χ0v) is 11.0. The fourth-order valence-corrected chi connectivity index (χ4v) is 1.64. The lowest BCUT2D eigenvalue weighted by Gasteiger charge is -2.07. The van der Waals surface area contributed by atoms with Crippen molar-refractivity contribution < 1.29 is 14.7 Å². The fourth-order valence-electron chi connectivity index (χ4n) is 1.64. The van der Waals surface area contributed by atoms with Crippen LogP contribution in [0.15, 0.2) is 36.9 Å². The number of amides is 1. The average molecular weight is 287 g/mol. The number of carboxylic acids is 1. The predicted octanol–water partition coefficient (Wildman–Crippen LogP) is 0.201. The fraction of sp³-hybridized carbons (Fsp3) is 0.154. The predicted molar refractivity (Wildman–Crippen MR) is 73.3 cm³/mol. The summed E-state index contributed by atoms with van der Waals surface area (Å²) in [5, 5.41) is 18.8. The molecule has 0 aliphatic carbocycles. The molecular weight excluding hydrogens is 274 g/mol. The number of pyridine rings is 1. The molecule has 0 saturated heterocycles. The van der Waals surface area contributed by atoms with Crippen LogP contribution in [-0.2, 0) is 11.3 Å². The maximum Gasteiger partial charge on any atom is 0.328 e. The Kier molecular flexibility index (Phi) is 4.75. The van der Waals surface area contributed by atoms with E-state index in [0.29, 0.717) is 24.2 Å². The van der Waals surface area contributed by atoms with E-state index in [1.807, 2.05) is 0 Å². The second-order valence-electron chi connectivity index (χ2n) is 4.06. The molecule has 21 heavy (non-hydrogen) atoms. The van der Waals surface area contributed by atoms with E-state index in [0.717, 1.165) is 6.08 Å². The summed E-state index contributed by atoms with van der Waals surface area (Å²) < 4.78 is 1.60. The second kappa shape index (κ2) is 6.94. The van der Waals surface area contributed by atoms with Gasteiger partial charge in [0.25, 0.3) is 5.91 Å². The van der Waals surface area contributed by atoms with E-state index in [2.05, 4.69) is 20.6 Å². The lowest BCUT2D eigenvalue weighted by atomic mass is 10.1. The smallest absolute Gasteiger partial charge is 0.328 e. The molecule has 0 saturated carbocycles. The van der Waals surface area contributed by atoms with E-state index in [1.54, 1.807) is 17.1 Å². The molecule has 0 spiro atoms. The molecule has 0 aliphatic heterocycles. The van der Waals surface area contributed by atoms with Gasteiger partial charge < -0.3 is 10.4 Å². The quantitative estimate of drug-likeness (QED) is 0.734. The number of hydrogen-bond acceptors (Lipinski definition) is 5. The van der Waals surface area contributed by atoms with Crippen LogP contribution < -0.4 is 5.32 Å². The molecule has 2 rings (SSSR count). The molecule has 1 amide bonds. The first kappa shape index (κ1) is 14.4. The van der Waals surface area contributed by atoms with Gasteiger partial charge in [-0.05, 0) is 12.1 Å². The van der Waals surface area contributed by atoms with Gasteiger partial charge in [0, 0.05) is 42.3 Å². The molecule has 8 heteroatoms. The van der Waals surface area contributed by atoms with E-state index >= 15 is 0 Å². The Labute approximate surface area is 120 Å². The summed E-state index contributed by atoms with van der Waals surface area (Å²) in [5.74, 6) is -1.39. The molecule has 2 N–H and O–H groups in total. The number of hydrogen-bond donors (Lipinski definition) is 2. The third-order valence-corrected chi connectivity index (χ3v) is 2.60. The summed E-state index contributed by atoms with van der Waals surface area (Å²) in [6, 6.07) is 1.53. The van der Waals surface area contributed by atoms with Gasteiger partial charge in [-0.1, -0.05) is 5.21 Å². The zero-order chi connectivity index (χ0) is 15.1. The number of aliphatic carboxylic acids is 1. The number of carbonyl (C=O) groups is 2. The van der Waals surface area contributed by atoms with Gasteiger partial charge in [-0.25, -0.2) is 4.79 Å². The summed E-state index contributed by atoms with van der Waals surface area (Å²) in [6.07, 6.45) is 8.46. The number of nitrogens with one attached hydrogen (secondary N) is 1. The molecule has 0 aliphatic rings. The molecule has 0 unspecified atom stereocenters. The standard InChI is InChI=1S/C13H13N5O3/c19-12(20)2-1-10-9-14-4-3-11(10)13(21)15-5-7-18-8-6-16-17-18/h1-4,6,8-9H,5,7H2,(H,15,21)(H,19,20)/b2-1+. The van der Waals surface area contributed by atoms with Gasteiger partial charge >= 0.3 is 5.97 Å². The number of aromatic nitrogens is 4. The first-order valence-corrected chi connectivity index (χ1v) is 6.14. The van der Waals surface area contributed by atoms with Crippen molar-refractivity contribution in [3.05, 3.63) is 48.1 Å². The zero-order valence-electron chi connectivity index (χ0n) is 11.0. The summed E-state index contributed by atoms with van der Waals surface area (Å²) >= 11 is 0. The highest BCUT2D eigenvalue weighted by molar-refractivity contribution is 5.98. The highest BCUT2D eigenvalue weighted by atomic mass is 16.4. The van der Waals surface area contributed by atoms with Crippen molar-refractivity contribution in [3.63, 3.8) is 0 Å². The molecule has 0 bridgehead atoms. The second-order valence-corrected chi connectivity index (χ2v) is 4.06. The lowest BCUT2D eigenvalue weighted by molar-refractivity contribution is -0.131. The van der Waals surface area contributed by atoms with E-state index < -0.39 is 5.97 Å². The van der Waals surface area contributed by atoms with Crippen LogP contribution in [0, 0.1) is 0 Å². The Bertz CT molecular complexity index is 652. The van der Waals surface area contributed by atoms with E-state index in [9.17, 15) is 9.59 Å². The van der Waals surface area contributed by atoms with E-state index in [4.69, 9.17) is 5.11 Å². The SMILES string of the molecule is O=C(O)/C=C/c1cnccc1C(=O)NCCn1ccnn1. The van der Waals surface area contributed by atoms with Gasteiger partial charge in [0.05, 0.1) is 12.7 Å². The first-order valence-electron chi connectivity index (χ1n) is 6.14. The minimum absolute atomic E-state index is 0.303. The van der Waals surface area contributed by atoms with Gasteiger partial charge in [0.2, 0.25) is 0 Å². The monoisotopic (exact) mass is 287 g/mol. The third-order valence-electron chi connectivity index (χ3n) is 2.60. The van der Waals surface area contributed by atoms with Crippen LogP contribution in [0.4, 0.5) is 0 Å². The van der Waals surface area contributed by atoms with Gasteiger partial charge in [-0.15, -0.1) is 5.10 Å². The number of nitrogens with zero attached hydrogens (tertiary/aromatic N) is 4. The summed E-state index contributed by atoms with van der Waals surface area (Å²) in [7, 11) is 0. The summed E-state index contributed by atoms with van der Waals surface area (Å²) in [4.78, 5) is 26.5. The largest absolute Gasteiger partial charge is 0.478 e. The van der Waals surface area contributed by atoms with Crippen LogP contribution in [0.2, 0.25) is 0 Å². The minimum atomic E-state index is -1.09. The normalized spacial score (nSPS) is 10.7. The molecule has 2 heterocycles. The number of carbonyl (C=O) groups excluding carboxylic acids is 1. The van der Waals surface area contributed by atoms with Gasteiger partial charge in [0.1, 0.15) is 0 Å². The molecule has 0 atom stereocenters. The van der Waals surface area contributed by atoms with Crippen LogP contribution in [0.3, 0.4) is 0 Å². The van der Waals surface area contributed by atoms with Crippen molar-refractivity contribution in [1.29, 1.82) is 0 Å². The van der Waals surface area contributed by atoms with Crippen LogP contribution in [0.5, 0.6) is 0 Å². The van der Waals surface area contributed by atoms with Crippen LogP contribution in [-0.4, -0.2) is 43.5 Å². The number of carboxylic acid groups (broad SMARTS) is 1. The average Bonchev–Trinajstić information content (AvgIpc) is 2.98. The van der Waals surface area contributed by atoms with Gasteiger partial charge in [-0.2, -0.15) is 0 Å². The maximum absolute atomic E-state index is 12.1. The lowest BCUT2D eigenvalue weighted by Crippen LogP contribution is -2.28. The summed E-state index contributed by atoms with van der Waals surface area (Å²) in [6.45, 7) is 0.879. The molecule has 108 valence electrons. The topological polar surface area (TPSA) is 110 Å². The Morgan fingerprint density at radius 3 is 2.95 bits per heavy atom. The molecule has 0 radical (unpaired) electrons. The molecule has 2 aromatic heterocycles. The van der Waals surface area contributed by atoms with Gasteiger partial charge in [0.15, 0.2) is 0 Å². The van der Waals surface area contributed by atoms with Crippen molar-refractivity contribution in [2.75, 3.05) is 6.54 Å². The van der Waals surface area contributed by atoms with Crippen molar-refractivity contribution in [2.24, 2.45) is 0 Å². The molecular formula is C13H13N5O3. The van der Waals surface area contributed by atoms with Crippen LogP contribution >= 0.6 is 0 Å². The number of rotatable bonds is 6. The maximum atomic E-state index is 12.1. The molecule has 2 aromatic rings. The van der Waals surface area contributed by atoms with E-state index in [-0.39, 0.29) is 5.91 Å². The Morgan fingerprint density at radius 2 is 2.24 bits per heavy atom. The van der Waals surface area contributed by atoms with Crippen molar-refractivity contribution in [1.82, 2.24) is 25.3 Å². The van der Waals surface area contributed by atoms with E-state index in [1.165, 1.54) is 24.5 Å².